The van der Waals surface area contributed by atoms with Crippen LogP contribution in [0.1, 0.15) is 38.2 Å². The highest BCUT2D eigenvalue weighted by Crippen LogP contribution is 2.39. The highest BCUT2D eigenvalue weighted by atomic mass is 35.5. The molecule has 2 aliphatic heterocycles. The highest BCUT2D eigenvalue weighted by molar-refractivity contribution is 6.31. The minimum absolute atomic E-state index is 0.0768. The zero-order valence-electron chi connectivity index (χ0n) is 15.6. The second-order valence-electron chi connectivity index (χ2n) is 7.26. The molecule has 5 nitrogen and oxygen atoms in total. The summed E-state index contributed by atoms with van der Waals surface area (Å²) in [5, 5.41) is 14.0. The number of nitrogens with zero attached hydrogens (tertiary/aromatic N) is 2. The Kier molecular flexibility index (Phi) is 6.79. The summed E-state index contributed by atoms with van der Waals surface area (Å²) in [4.78, 5) is 7.27. The van der Waals surface area contributed by atoms with Crippen LogP contribution in [-0.2, 0) is 10.2 Å². The fraction of sp³-hybridized carbons (Fsp3) is 0.650. The van der Waals surface area contributed by atoms with Gasteiger partial charge < -0.3 is 20.1 Å². The molecule has 6 heteroatoms. The van der Waals surface area contributed by atoms with Crippen LogP contribution in [-0.4, -0.2) is 61.5 Å². The maximum atomic E-state index is 9.78. The van der Waals surface area contributed by atoms with Gasteiger partial charge in [-0.2, -0.15) is 0 Å². The normalized spacial score (nSPS) is 21.7. The van der Waals surface area contributed by atoms with Gasteiger partial charge >= 0.3 is 0 Å². The number of aliphatic imine (C=N–C) groups is 1. The molecule has 1 aromatic carbocycles. The summed E-state index contributed by atoms with van der Waals surface area (Å²) in [5.74, 6) is 0.942. The van der Waals surface area contributed by atoms with E-state index in [-0.39, 0.29) is 11.5 Å². The van der Waals surface area contributed by atoms with E-state index in [0.717, 1.165) is 69.5 Å². The minimum atomic E-state index is -0.181. The molecule has 0 radical (unpaired) electrons. The number of nitrogens with one attached hydrogen (secondary N) is 1. The van der Waals surface area contributed by atoms with E-state index >= 15 is 0 Å². The number of piperidine rings is 1. The Hall–Kier alpha value is -1.30. The van der Waals surface area contributed by atoms with Gasteiger partial charge in [-0.15, -0.1) is 0 Å². The van der Waals surface area contributed by atoms with Crippen molar-refractivity contribution in [2.24, 2.45) is 4.99 Å². The summed E-state index contributed by atoms with van der Waals surface area (Å²) in [6.45, 7) is 6.79. The molecule has 0 saturated carbocycles. The van der Waals surface area contributed by atoms with Gasteiger partial charge in [-0.3, -0.25) is 4.99 Å². The van der Waals surface area contributed by atoms with E-state index in [1.807, 2.05) is 12.1 Å². The summed E-state index contributed by atoms with van der Waals surface area (Å²) in [6, 6.07) is 8.13. The number of guanidine groups is 1. The van der Waals surface area contributed by atoms with Crippen molar-refractivity contribution < 1.29 is 9.84 Å². The van der Waals surface area contributed by atoms with Crippen molar-refractivity contribution in [3.63, 3.8) is 0 Å². The first-order valence-electron chi connectivity index (χ1n) is 9.69. The molecule has 2 heterocycles. The van der Waals surface area contributed by atoms with E-state index in [0.29, 0.717) is 6.54 Å². The van der Waals surface area contributed by atoms with Gasteiger partial charge in [-0.1, -0.05) is 29.8 Å². The van der Waals surface area contributed by atoms with Crippen molar-refractivity contribution >= 4 is 17.6 Å². The zero-order valence-corrected chi connectivity index (χ0v) is 16.3. The predicted octanol–water partition coefficient (Wildman–Crippen LogP) is 2.81. The monoisotopic (exact) mass is 379 g/mol. The Morgan fingerprint density at radius 3 is 2.65 bits per heavy atom. The van der Waals surface area contributed by atoms with E-state index in [1.165, 1.54) is 5.56 Å². The SMILES string of the molecule is CCNC(=NCC1(c2ccccc2Cl)CCOCC1)N1CCC(O)CC1. The first kappa shape index (κ1) is 19.5. The van der Waals surface area contributed by atoms with E-state index < -0.39 is 0 Å². The molecule has 0 bridgehead atoms. The Balaban J connectivity index is 1.83. The second-order valence-corrected chi connectivity index (χ2v) is 7.67. The number of aliphatic hydroxyl groups is 1. The molecule has 0 atom stereocenters. The molecular weight excluding hydrogens is 350 g/mol. The molecule has 2 saturated heterocycles. The smallest absolute Gasteiger partial charge is 0.193 e. The summed E-state index contributed by atoms with van der Waals surface area (Å²) >= 11 is 6.55. The van der Waals surface area contributed by atoms with E-state index in [2.05, 4.69) is 29.3 Å². The molecule has 0 spiro atoms. The molecule has 2 fully saturated rings. The number of ether oxygens (including phenoxy) is 1. The lowest BCUT2D eigenvalue weighted by molar-refractivity contribution is 0.0529. The summed E-state index contributed by atoms with van der Waals surface area (Å²) in [5.41, 5.74) is 1.10. The molecular formula is C20H30ClN3O2. The molecule has 0 amide bonds. The first-order chi connectivity index (χ1) is 12.6. The fourth-order valence-electron chi connectivity index (χ4n) is 3.90. The lowest BCUT2D eigenvalue weighted by Gasteiger charge is -2.38. The lowest BCUT2D eigenvalue weighted by atomic mass is 9.74. The molecule has 2 aliphatic rings. The third-order valence-corrected chi connectivity index (χ3v) is 5.86. The van der Waals surface area contributed by atoms with Crippen LogP contribution < -0.4 is 5.32 Å². The number of hydrogen-bond acceptors (Lipinski definition) is 3. The van der Waals surface area contributed by atoms with Crippen molar-refractivity contribution in [1.29, 1.82) is 0 Å². The minimum Gasteiger partial charge on any atom is -0.393 e. The predicted molar refractivity (Wildman–Crippen MR) is 106 cm³/mol. The van der Waals surface area contributed by atoms with Crippen LogP contribution in [0.2, 0.25) is 5.02 Å². The Morgan fingerprint density at radius 1 is 1.31 bits per heavy atom. The molecule has 3 rings (SSSR count). The molecule has 144 valence electrons. The number of likely N-dealkylation sites (tertiary alicyclic amines) is 1. The van der Waals surface area contributed by atoms with Crippen LogP contribution >= 0.6 is 11.6 Å². The van der Waals surface area contributed by atoms with Gasteiger partial charge in [0.25, 0.3) is 0 Å². The van der Waals surface area contributed by atoms with Gasteiger partial charge in [0.2, 0.25) is 0 Å². The van der Waals surface area contributed by atoms with Gasteiger partial charge in [0.15, 0.2) is 5.96 Å². The van der Waals surface area contributed by atoms with Crippen LogP contribution in [0, 0.1) is 0 Å². The average Bonchev–Trinajstić information content (AvgIpc) is 2.67. The van der Waals surface area contributed by atoms with Crippen LogP contribution in [0.25, 0.3) is 0 Å². The average molecular weight is 380 g/mol. The summed E-state index contributed by atoms with van der Waals surface area (Å²) in [7, 11) is 0. The van der Waals surface area contributed by atoms with Gasteiger partial charge in [0.05, 0.1) is 12.6 Å². The largest absolute Gasteiger partial charge is 0.393 e. The highest BCUT2D eigenvalue weighted by Gasteiger charge is 2.36. The quantitative estimate of drug-likeness (QED) is 0.624. The van der Waals surface area contributed by atoms with Crippen molar-refractivity contribution in [3.8, 4) is 0 Å². The summed E-state index contributed by atoms with van der Waals surface area (Å²) < 4.78 is 5.62. The second kappa shape index (κ2) is 9.07. The fourth-order valence-corrected chi connectivity index (χ4v) is 4.23. The first-order valence-corrected chi connectivity index (χ1v) is 10.1. The molecule has 0 aliphatic carbocycles. The third-order valence-electron chi connectivity index (χ3n) is 5.53. The van der Waals surface area contributed by atoms with Crippen LogP contribution in [0.4, 0.5) is 0 Å². The summed E-state index contributed by atoms with van der Waals surface area (Å²) in [6.07, 6.45) is 3.28. The van der Waals surface area contributed by atoms with Crippen LogP contribution in [0.15, 0.2) is 29.3 Å². The number of halogens is 1. The molecule has 0 aromatic heterocycles. The topological polar surface area (TPSA) is 57.1 Å². The Bertz CT molecular complexity index is 609. The maximum Gasteiger partial charge on any atom is 0.193 e. The number of rotatable bonds is 4. The van der Waals surface area contributed by atoms with Gasteiger partial charge in [-0.25, -0.2) is 0 Å². The van der Waals surface area contributed by atoms with E-state index in [9.17, 15) is 5.11 Å². The van der Waals surface area contributed by atoms with Crippen molar-refractivity contribution in [3.05, 3.63) is 34.9 Å². The van der Waals surface area contributed by atoms with Crippen molar-refractivity contribution in [2.45, 2.75) is 44.1 Å². The Morgan fingerprint density at radius 2 is 2.00 bits per heavy atom. The Labute approximate surface area is 161 Å². The van der Waals surface area contributed by atoms with Gasteiger partial charge in [-0.05, 0) is 44.2 Å². The maximum absolute atomic E-state index is 9.78. The number of aliphatic hydroxyl groups excluding tert-OH is 1. The van der Waals surface area contributed by atoms with Crippen LogP contribution in [0.5, 0.6) is 0 Å². The standard InChI is InChI=1S/C20H30ClN3O2/c1-2-22-19(24-11-7-16(25)8-12-24)23-15-20(9-13-26-14-10-20)17-5-3-4-6-18(17)21/h3-6,16,25H,2,7-15H2,1H3,(H,22,23). The molecule has 2 N–H and O–H groups in total. The van der Waals surface area contributed by atoms with Gasteiger partial charge in [0.1, 0.15) is 0 Å². The molecule has 26 heavy (non-hydrogen) atoms. The molecule has 1 aromatic rings. The van der Waals surface area contributed by atoms with Crippen LogP contribution in [0.3, 0.4) is 0 Å². The van der Waals surface area contributed by atoms with E-state index in [4.69, 9.17) is 21.3 Å². The van der Waals surface area contributed by atoms with Crippen molar-refractivity contribution in [1.82, 2.24) is 10.2 Å². The van der Waals surface area contributed by atoms with E-state index in [1.54, 1.807) is 0 Å². The molecule has 0 unspecified atom stereocenters. The van der Waals surface area contributed by atoms with Gasteiger partial charge in [0, 0.05) is 43.3 Å². The number of benzene rings is 1. The van der Waals surface area contributed by atoms with Crippen molar-refractivity contribution in [2.75, 3.05) is 39.4 Å². The number of hydrogen-bond donors (Lipinski definition) is 2. The zero-order chi connectivity index (χ0) is 18.4. The third kappa shape index (κ3) is 4.51. The lowest BCUT2D eigenvalue weighted by Crippen LogP contribution is -2.47.